The van der Waals surface area contributed by atoms with Gasteiger partial charge in [-0.15, -0.1) is 0 Å². The van der Waals surface area contributed by atoms with Crippen molar-refractivity contribution in [3.8, 4) is 11.4 Å². The lowest BCUT2D eigenvalue weighted by molar-refractivity contribution is 0.0695. The van der Waals surface area contributed by atoms with E-state index < -0.39 is 5.97 Å². The highest BCUT2D eigenvalue weighted by Gasteiger charge is 2.25. The van der Waals surface area contributed by atoms with Gasteiger partial charge in [0.2, 0.25) is 0 Å². The number of para-hydroxylation sites is 1. The van der Waals surface area contributed by atoms with Gasteiger partial charge in [0.25, 0.3) is 5.56 Å². The maximum Gasteiger partial charge on any atom is 0.338 e. The number of hydrogen-bond acceptors (Lipinski definition) is 5. The average Bonchev–Trinajstić information content (AvgIpc) is 2.90. The van der Waals surface area contributed by atoms with Crippen molar-refractivity contribution in [2.24, 2.45) is 0 Å². The van der Waals surface area contributed by atoms with Crippen molar-refractivity contribution >= 4 is 22.4 Å². The standard InChI is InChI=1S/C28H27N3O4/c1-35-22-13-11-20(12-14-22)30-17-15-29(16-18-30)19-25-26(28(33)34)23-9-5-6-10-24(23)27(32)31(25)21-7-3-2-4-8-21/h2-14H,15-19H2,1H3,(H,33,34). The zero-order valence-electron chi connectivity index (χ0n) is 19.6. The van der Waals surface area contributed by atoms with Crippen LogP contribution >= 0.6 is 0 Å². The number of hydrogen-bond donors (Lipinski definition) is 1. The second-order valence-corrected chi connectivity index (χ2v) is 8.61. The number of carboxylic acids is 1. The number of aromatic carboxylic acids is 1. The maximum absolute atomic E-state index is 13.6. The molecule has 0 radical (unpaired) electrons. The monoisotopic (exact) mass is 469 g/mol. The lowest BCUT2D eigenvalue weighted by Crippen LogP contribution is -2.46. The van der Waals surface area contributed by atoms with Gasteiger partial charge < -0.3 is 14.7 Å². The first kappa shape index (κ1) is 22.7. The predicted octanol–water partition coefficient (Wildman–Crippen LogP) is 4.02. The number of nitrogens with zero attached hydrogens (tertiary/aromatic N) is 3. The van der Waals surface area contributed by atoms with Gasteiger partial charge in [-0.3, -0.25) is 14.3 Å². The summed E-state index contributed by atoms with van der Waals surface area (Å²) in [6.07, 6.45) is 0. The molecule has 1 N–H and O–H groups in total. The Morgan fingerprint density at radius 1 is 0.829 bits per heavy atom. The summed E-state index contributed by atoms with van der Waals surface area (Å²) in [5, 5.41) is 11.1. The van der Waals surface area contributed by atoms with Crippen LogP contribution in [0.5, 0.6) is 5.75 Å². The van der Waals surface area contributed by atoms with Gasteiger partial charge in [-0.2, -0.15) is 0 Å². The van der Waals surface area contributed by atoms with E-state index in [1.165, 1.54) is 0 Å². The van der Waals surface area contributed by atoms with Gasteiger partial charge in [0, 0.05) is 54.9 Å². The Kier molecular flexibility index (Phi) is 6.25. The number of anilines is 1. The summed E-state index contributed by atoms with van der Waals surface area (Å²) >= 11 is 0. The first-order valence-corrected chi connectivity index (χ1v) is 11.6. The quantitative estimate of drug-likeness (QED) is 0.460. The first-order chi connectivity index (χ1) is 17.1. The molecule has 7 nitrogen and oxygen atoms in total. The molecule has 1 aromatic heterocycles. The number of piperazine rings is 1. The summed E-state index contributed by atoms with van der Waals surface area (Å²) in [6.45, 7) is 3.48. The van der Waals surface area contributed by atoms with Crippen LogP contribution in [-0.2, 0) is 6.54 Å². The maximum atomic E-state index is 13.6. The Morgan fingerprint density at radius 3 is 2.09 bits per heavy atom. The molecule has 0 unspecified atom stereocenters. The second kappa shape index (κ2) is 9.64. The van der Waals surface area contributed by atoms with Crippen molar-refractivity contribution in [2.75, 3.05) is 38.2 Å². The fraction of sp³-hybridized carbons (Fsp3) is 0.214. The van der Waals surface area contributed by atoms with Crippen LogP contribution < -0.4 is 15.2 Å². The predicted molar refractivity (Wildman–Crippen MR) is 137 cm³/mol. The zero-order valence-corrected chi connectivity index (χ0v) is 19.6. The molecule has 4 aromatic rings. The van der Waals surface area contributed by atoms with Crippen LogP contribution in [0.15, 0.2) is 83.7 Å². The number of fused-ring (bicyclic) bond motifs is 1. The molecule has 2 heterocycles. The largest absolute Gasteiger partial charge is 0.497 e. The van der Waals surface area contributed by atoms with E-state index in [0.717, 1.165) is 37.6 Å². The van der Waals surface area contributed by atoms with Crippen molar-refractivity contribution < 1.29 is 14.6 Å². The van der Waals surface area contributed by atoms with Crippen LogP contribution in [0.3, 0.4) is 0 Å². The molecule has 178 valence electrons. The van der Waals surface area contributed by atoms with Crippen LogP contribution in [-0.4, -0.2) is 53.8 Å². The van der Waals surface area contributed by atoms with Crippen molar-refractivity contribution in [3.05, 3.63) is 100 Å². The van der Waals surface area contributed by atoms with Crippen molar-refractivity contribution in [1.82, 2.24) is 9.47 Å². The Balaban J connectivity index is 1.51. The van der Waals surface area contributed by atoms with Gasteiger partial charge in [0.15, 0.2) is 0 Å². The van der Waals surface area contributed by atoms with E-state index in [1.54, 1.807) is 35.9 Å². The number of rotatable bonds is 6. The number of methoxy groups -OCH3 is 1. The topological polar surface area (TPSA) is 75.0 Å². The fourth-order valence-corrected chi connectivity index (χ4v) is 4.81. The molecular formula is C28H27N3O4. The van der Waals surface area contributed by atoms with E-state index in [1.807, 2.05) is 54.6 Å². The Hall–Kier alpha value is -4.10. The minimum atomic E-state index is -1.03. The lowest BCUT2D eigenvalue weighted by Gasteiger charge is -2.36. The molecule has 1 aliphatic heterocycles. The second-order valence-electron chi connectivity index (χ2n) is 8.61. The number of ether oxygens (including phenoxy) is 1. The molecule has 0 atom stereocenters. The summed E-state index contributed by atoms with van der Waals surface area (Å²) in [6, 6.07) is 24.2. The summed E-state index contributed by atoms with van der Waals surface area (Å²) in [7, 11) is 1.65. The highest BCUT2D eigenvalue weighted by molar-refractivity contribution is 6.04. The normalized spacial score (nSPS) is 14.3. The summed E-state index contributed by atoms with van der Waals surface area (Å²) < 4.78 is 6.83. The molecule has 1 fully saturated rings. The smallest absolute Gasteiger partial charge is 0.338 e. The van der Waals surface area contributed by atoms with E-state index in [2.05, 4.69) is 9.80 Å². The number of carboxylic acid groups (broad SMARTS) is 1. The fourth-order valence-electron chi connectivity index (χ4n) is 4.81. The Labute approximate surface area is 203 Å². The molecule has 0 spiro atoms. The van der Waals surface area contributed by atoms with E-state index in [9.17, 15) is 14.7 Å². The van der Waals surface area contributed by atoms with E-state index in [-0.39, 0.29) is 11.1 Å². The highest BCUT2D eigenvalue weighted by atomic mass is 16.5. The van der Waals surface area contributed by atoms with Gasteiger partial charge in [-0.05, 0) is 42.5 Å². The van der Waals surface area contributed by atoms with Crippen molar-refractivity contribution in [1.29, 1.82) is 0 Å². The molecule has 1 saturated heterocycles. The van der Waals surface area contributed by atoms with E-state index in [0.29, 0.717) is 28.7 Å². The number of benzene rings is 3. The van der Waals surface area contributed by atoms with Crippen molar-refractivity contribution in [3.63, 3.8) is 0 Å². The molecule has 5 rings (SSSR count). The Bertz CT molecular complexity index is 1410. The summed E-state index contributed by atoms with van der Waals surface area (Å²) in [4.78, 5) is 30.6. The van der Waals surface area contributed by atoms with E-state index >= 15 is 0 Å². The third kappa shape index (κ3) is 4.38. The summed E-state index contributed by atoms with van der Waals surface area (Å²) in [5.41, 5.74) is 2.27. The third-order valence-electron chi connectivity index (χ3n) is 6.60. The number of pyridine rings is 1. The number of aromatic nitrogens is 1. The van der Waals surface area contributed by atoms with Crippen molar-refractivity contribution in [2.45, 2.75) is 6.54 Å². The minimum absolute atomic E-state index is 0.182. The van der Waals surface area contributed by atoms with Gasteiger partial charge in [0.05, 0.1) is 18.4 Å². The zero-order chi connectivity index (χ0) is 24.4. The van der Waals surface area contributed by atoms with Gasteiger partial charge in [0.1, 0.15) is 5.75 Å². The summed E-state index contributed by atoms with van der Waals surface area (Å²) in [5.74, 6) is -0.207. The van der Waals surface area contributed by atoms with Crippen LogP contribution in [0.4, 0.5) is 5.69 Å². The Morgan fingerprint density at radius 2 is 1.46 bits per heavy atom. The molecular weight excluding hydrogens is 442 g/mol. The van der Waals surface area contributed by atoms with Crippen LogP contribution in [0.25, 0.3) is 16.5 Å². The molecule has 7 heteroatoms. The highest BCUT2D eigenvalue weighted by Crippen LogP contribution is 2.25. The van der Waals surface area contributed by atoms with Gasteiger partial charge in [-0.25, -0.2) is 4.79 Å². The molecule has 0 saturated carbocycles. The minimum Gasteiger partial charge on any atom is -0.497 e. The van der Waals surface area contributed by atoms with Crippen LogP contribution in [0.2, 0.25) is 0 Å². The number of carbonyl (C=O) groups is 1. The SMILES string of the molecule is COc1ccc(N2CCN(Cc3c(C(=O)O)c4ccccc4c(=O)n3-c3ccccc3)CC2)cc1. The third-order valence-corrected chi connectivity index (χ3v) is 6.60. The average molecular weight is 470 g/mol. The lowest BCUT2D eigenvalue weighted by atomic mass is 10.0. The van der Waals surface area contributed by atoms with E-state index in [4.69, 9.17) is 4.74 Å². The van der Waals surface area contributed by atoms with Crippen LogP contribution in [0, 0.1) is 0 Å². The molecule has 3 aromatic carbocycles. The van der Waals surface area contributed by atoms with Gasteiger partial charge >= 0.3 is 5.97 Å². The first-order valence-electron chi connectivity index (χ1n) is 11.6. The molecule has 35 heavy (non-hydrogen) atoms. The molecule has 0 bridgehead atoms. The molecule has 0 amide bonds. The van der Waals surface area contributed by atoms with Crippen LogP contribution in [0.1, 0.15) is 16.1 Å². The molecule has 0 aliphatic carbocycles. The van der Waals surface area contributed by atoms with Gasteiger partial charge in [-0.1, -0.05) is 36.4 Å². The molecule has 1 aliphatic rings.